The van der Waals surface area contributed by atoms with Gasteiger partial charge in [-0.25, -0.2) is 0 Å². The Kier molecular flexibility index (Phi) is 3.38. The summed E-state index contributed by atoms with van der Waals surface area (Å²) in [4.78, 5) is 4.14. The van der Waals surface area contributed by atoms with E-state index in [1.54, 1.807) is 0 Å². The molecule has 2 N–H and O–H groups in total. The molecular weight excluding hydrogens is 150 g/mol. The highest BCUT2D eigenvalue weighted by Gasteiger charge is 2.18. The van der Waals surface area contributed by atoms with Crippen LogP contribution < -0.4 is 10.6 Å². The summed E-state index contributed by atoms with van der Waals surface area (Å²) >= 11 is 0. The molecule has 3 heteroatoms. The Bertz CT molecular complexity index is 159. The normalized spacial score (nSPS) is 19.2. The van der Waals surface area contributed by atoms with Gasteiger partial charge in [-0.3, -0.25) is 4.99 Å². The van der Waals surface area contributed by atoms with Crippen molar-refractivity contribution < 1.29 is 0 Å². The molecule has 0 aromatic carbocycles. The second-order valence-electron chi connectivity index (χ2n) is 3.64. The number of nitrogens with one attached hydrogen (secondary N) is 2. The maximum absolute atomic E-state index is 4.14. The average Bonchev–Trinajstić information content (AvgIpc) is 1.93. The van der Waals surface area contributed by atoms with E-state index in [4.69, 9.17) is 0 Å². The molecule has 1 rings (SSSR count). The number of hydrogen-bond acceptors (Lipinski definition) is 1. The fraction of sp³-hybridized carbons (Fsp3) is 0.889. The van der Waals surface area contributed by atoms with Crippen LogP contribution in [0, 0.1) is 0 Å². The molecular formula is C9H19N3. The first-order valence-corrected chi connectivity index (χ1v) is 4.72. The van der Waals surface area contributed by atoms with Gasteiger partial charge in [0, 0.05) is 19.1 Å². The largest absolute Gasteiger partial charge is 0.354 e. The van der Waals surface area contributed by atoms with Crippen molar-refractivity contribution in [2.75, 3.05) is 7.05 Å². The van der Waals surface area contributed by atoms with Gasteiger partial charge in [0.15, 0.2) is 5.96 Å². The zero-order valence-electron chi connectivity index (χ0n) is 8.22. The minimum Gasteiger partial charge on any atom is -0.354 e. The standard InChI is InChI=1S/C9H19N3/c1-7(2)11-9(10-3)12-8-5-4-6-8/h7-8H,4-6H2,1-3H3,(H2,10,11,12). The number of aliphatic imine (C=N–C) groups is 1. The van der Waals surface area contributed by atoms with E-state index in [9.17, 15) is 0 Å². The number of rotatable bonds is 2. The zero-order chi connectivity index (χ0) is 8.97. The lowest BCUT2D eigenvalue weighted by molar-refractivity contribution is 0.379. The molecule has 1 fully saturated rings. The van der Waals surface area contributed by atoms with Crippen LogP contribution in [0.3, 0.4) is 0 Å². The quantitative estimate of drug-likeness (QED) is 0.480. The second-order valence-corrected chi connectivity index (χ2v) is 3.64. The van der Waals surface area contributed by atoms with Crippen molar-refractivity contribution in [1.82, 2.24) is 10.6 Å². The molecule has 3 nitrogen and oxygen atoms in total. The van der Waals surface area contributed by atoms with Gasteiger partial charge >= 0.3 is 0 Å². The molecule has 0 spiro atoms. The van der Waals surface area contributed by atoms with E-state index in [-0.39, 0.29) is 0 Å². The predicted molar refractivity (Wildman–Crippen MR) is 52.4 cm³/mol. The summed E-state index contributed by atoms with van der Waals surface area (Å²) in [7, 11) is 1.82. The fourth-order valence-corrected chi connectivity index (χ4v) is 1.19. The molecule has 70 valence electrons. The van der Waals surface area contributed by atoms with E-state index >= 15 is 0 Å². The summed E-state index contributed by atoms with van der Waals surface area (Å²) in [6, 6.07) is 1.12. The Hall–Kier alpha value is -0.730. The van der Waals surface area contributed by atoms with Crippen LogP contribution in [0.25, 0.3) is 0 Å². The number of hydrogen-bond donors (Lipinski definition) is 2. The topological polar surface area (TPSA) is 36.4 Å². The molecule has 0 aliphatic heterocycles. The van der Waals surface area contributed by atoms with Crippen LogP contribution in [0.4, 0.5) is 0 Å². The van der Waals surface area contributed by atoms with Crippen molar-refractivity contribution in [1.29, 1.82) is 0 Å². The van der Waals surface area contributed by atoms with E-state index < -0.39 is 0 Å². The molecule has 0 aromatic heterocycles. The Labute approximate surface area is 74.6 Å². The maximum atomic E-state index is 4.14. The van der Waals surface area contributed by atoms with Gasteiger partial charge in [0.05, 0.1) is 0 Å². The smallest absolute Gasteiger partial charge is 0.191 e. The van der Waals surface area contributed by atoms with Crippen LogP contribution in [-0.2, 0) is 0 Å². The van der Waals surface area contributed by atoms with Gasteiger partial charge in [0.1, 0.15) is 0 Å². The molecule has 0 heterocycles. The molecule has 1 aliphatic rings. The van der Waals surface area contributed by atoms with Gasteiger partial charge in [0.25, 0.3) is 0 Å². The summed E-state index contributed by atoms with van der Waals surface area (Å²) in [6.07, 6.45) is 3.94. The van der Waals surface area contributed by atoms with Gasteiger partial charge in [0.2, 0.25) is 0 Å². The van der Waals surface area contributed by atoms with Crippen LogP contribution >= 0.6 is 0 Å². The van der Waals surface area contributed by atoms with Crippen LogP contribution in [-0.4, -0.2) is 25.1 Å². The third kappa shape index (κ3) is 2.72. The van der Waals surface area contributed by atoms with Crippen LogP contribution in [0.5, 0.6) is 0 Å². The highest BCUT2D eigenvalue weighted by atomic mass is 15.2. The monoisotopic (exact) mass is 169 g/mol. The number of nitrogens with zero attached hydrogens (tertiary/aromatic N) is 1. The Balaban J connectivity index is 2.25. The minimum absolute atomic E-state index is 0.455. The highest BCUT2D eigenvalue weighted by Crippen LogP contribution is 2.17. The molecule has 1 aliphatic carbocycles. The van der Waals surface area contributed by atoms with Crippen molar-refractivity contribution in [3.63, 3.8) is 0 Å². The van der Waals surface area contributed by atoms with Crippen molar-refractivity contribution in [2.24, 2.45) is 4.99 Å². The zero-order valence-corrected chi connectivity index (χ0v) is 8.22. The lowest BCUT2D eigenvalue weighted by atomic mass is 9.93. The van der Waals surface area contributed by atoms with E-state index in [1.165, 1.54) is 19.3 Å². The predicted octanol–water partition coefficient (Wildman–Crippen LogP) is 1.11. The molecule has 0 atom stereocenters. The van der Waals surface area contributed by atoms with E-state index in [0.29, 0.717) is 12.1 Å². The van der Waals surface area contributed by atoms with Crippen molar-refractivity contribution >= 4 is 5.96 Å². The summed E-state index contributed by atoms with van der Waals surface area (Å²) in [6.45, 7) is 4.24. The van der Waals surface area contributed by atoms with Crippen molar-refractivity contribution in [2.45, 2.75) is 45.2 Å². The van der Waals surface area contributed by atoms with Crippen LogP contribution in [0.15, 0.2) is 4.99 Å². The number of guanidine groups is 1. The average molecular weight is 169 g/mol. The third-order valence-electron chi connectivity index (χ3n) is 2.10. The second kappa shape index (κ2) is 4.33. The minimum atomic E-state index is 0.455. The molecule has 0 bridgehead atoms. The molecule has 0 saturated heterocycles. The summed E-state index contributed by atoms with van der Waals surface area (Å²) in [5.41, 5.74) is 0. The van der Waals surface area contributed by atoms with Gasteiger partial charge in [-0.1, -0.05) is 0 Å². The summed E-state index contributed by atoms with van der Waals surface area (Å²) in [5.74, 6) is 0.940. The van der Waals surface area contributed by atoms with Crippen molar-refractivity contribution in [3.8, 4) is 0 Å². The molecule has 0 amide bonds. The first kappa shape index (κ1) is 9.36. The van der Waals surface area contributed by atoms with Gasteiger partial charge in [-0.15, -0.1) is 0 Å². The fourth-order valence-electron chi connectivity index (χ4n) is 1.19. The molecule has 0 unspecified atom stereocenters. The molecule has 0 aromatic rings. The summed E-state index contributed by atoms with van der Waals surface area (Å²) < 4.78 is 0. The van der Waals surface area contributed by atoms with Crippen LogP contribution in [0.1, 0.15) is 33.1 Å². The van der Waals surface area contributed by atoms with Gasteiger partial charge in [-0.2, -0.15) is 0 Å². The Morgan fingerprint density at radius 3 is 2.42 bits per heavy atom. The molecule has 12 heavy (non-hydrogen) atoms. The lowest BCUT2D eigenvalue weighted by Crippen LogP contribution is -2.48. The first-order chi connectivity index (χ1) is 5.72. The van der Waals surface area contributed by atoms with E-state index in [2.05, 4.69) is 29.5 Å². The Morgan fingerprint density at radius 2 is 2.08 bits per heavy atom. The van der Waals surface area contributed by atoms with E-state index in [0.717, 1.165) is 5.96 Å². The van der Waals surface area contributed by atoms with Gasteiger partial charge in [-0.05, 0) is 33.1 Å². The van der Waals surface area contributed by atoms with Crippen LogP contribution in [0.2, 0.25) is 0 Å². The Morgan fingerprint density at radius 1 is 1.42 bits per heavy atom. The highest BCUT2D eigenvalue weighted by molar-refractivity contribution is 5.80. The molecule has 1 saturated carbocycles. The first-order valence-electron chi connectivity index (χ1n) is 4.72. The lowest BCUT2D eigenvalue weighted by Gasteiger charge is -2.28. The van der Waals surface area contributed by atoms with E-state index in [1.807, 2.05) is 7.05 Å². The SMILES string of the molecule is CN=C(NC(C)C)NC1CCC1. The maximum Gasteiger partial charge on any atom is 0.191 e. The molecule has 0 radical (unpaired) electrons. The third-order valence-corrected chi connectivity index (χ3v) is 2.10. The summed E-state index contributed by atoms with van der Waals surface area (Å²) in [5, 5.41) is 6.64. The van der Waals surface area contributed by atoms with Crippen molar-refractivity contribution in [3.05, 3.63) is 0 Å². The van der Waals surface area contributed by atoms with Gasteiger partial charge < -0.3 is 10.6 Å².